The second-order valence-electron chi connectivity index (χ2n) is 9.05. The van der Waals surface area contributed by atoms with E-state index in [1.807, 2.05) is 0 Å². The van der Waals surface area contributed by atoms with Gasteiger partial charge in [-0.1, -0.05) is 42.0 Å². The Labute approximate surface area is 189 Å². The van der Waals surface area contributed by atoms with Crippen LogP contribution in [-0.4, -0.2) is 40.8 Å². The molecule has 0 N–H and O–H groups in total. The standard InChI is InChI=1S/C27H29N5/c1-20-8-7-9-21(18-20)25-19-26-28-24-13-6-5-12-23(24)27(32(26)29-25)31-16-14-30(15-17-31)22-10-3-2-4-11-22/h2-4,7-11,18-19H,5-6,12-17H2,1H3. The highest BCUT2D eigenvalue weighted by molar-refractivity contribution is 5.68. The predicted molar refractivity (Wildman–Crippen MR) is 131 cm³/mol. The van der Waals surface area contributed by atoms with Crippen molar-refractivity contribution in [2.45, 2.75) is 32.6 Å². The number of fused-ring (bicyclic) bond motifs is 2. The first-order valence-electron chi connectivity index (χ1n) is 11.8. The van der Waals surface area contributed by atoms with Gasteiger partial charge in [-0.15, -0.1) is 0 Å². The number of rotatable bonds is 3. The van der Waals surface area contributed by atoms with E-state index in [0.29, 0.717) is 0 Å². The largest absolute Gasteiger partial charge is 0.368 e. The zero-order valence-corrected chi connectivity index (χ0v) is 18.7. The Morgan fingerprint density at radius 3 is 2.38 bits per heavy atom. The molecule has 32 heavy (non-hydrogen) atoms. The van der Waals surface area contributed by atoms with Crippen LogP contribution in [0.5, 0.6) is 0 Å². The molecule has 5 heteroatoms. The molecule has 0 radical (unpaired) electrons. The summed E-state index contributed by atoms with van der Waals surface area (Å²) in [6.07, 6.45) is 4.65. The van der Waals surface area contributed by atoms with Crippen LogP contribution in [0.1, 0.15) is 29.7 Å². The summed E-state index contributed by atoms with van der Waals surface area (Å²) in [7, 11) is 0. The third kappa shape index (κ3) is 3.42. The fourth-order valence-electron chi connectivity index (χ4n) is 5.21. The van der Waals surface area contributed by atoms with Crippen LogP contribution in [0.3, 0.4) is 0 Å². The maximum atomic E-state index is 5.08. The zero-order valence-electron chi connectivity index (χ0n) is 18.7. The van der Waals surface area contributed by atoms with Crippen LogP contribution in [0.15, 0.2) is 60.7 Å². The van der Waals surface area contributed by atoms with E-state index in [0.717, 1.165) is 55.9 Å². The zero-order chi connectivity index (χ0) is 21.5. The molecule has 2 aromatic carbocycles. The molecule has 3 heterocycles. The van der Waals surface area contributed by atoms with Gasteiger partial charge in [0.2, 0.25) is 0 Å². The average molecular weight is 424 g/mol. The molecule has 0 bridgehead atoms. The molecular weight excluding hydrogens is 394 g/mol. The van der Waals surface area contributed by atoms with E-state index < -0.39 is 0 Å². The molecule has 1 saturated heterocycles. The van der Waals surface area contributed by atoms with Crippen molar-refractivity contribution in [3.63, 3.8) is 0 Å². The summed E-state index contributed by atoms with van der Waals surface area (Å²) in [5.41, 5.74) is 8.40. The second-order valence-corrected chi connectivity index (χ2v) is 9.05. The highest BCUT2D eigenvalue weighted by Crippen LogP contribution is 2.33. The Kier molecular flexibility index (Phi) is 4.82. The number of para-hydroxylation sites is 1. The molecule has 0 atom stereocenters. The predicted octanol–water partition coefficient (Wildman–Crippen LogP) is 4.91. The molecule has 4 aromatic rings. The van der Waals surface area contributed by atoms with Crippen molar-refractivity contribution in [1.82, 2.24) is 14.6 Å². The molecule has 1 aliphatic carbocycles. The minimum Gasteiger partial charge on any atom is -0.368 e. The van der Waals surface area contributed by atoms with E-state index in [4.69, 9.17) is 10.1 Å². The lowest BCUT2D eigenvalue weighted by molar-refractivity contribution is 0.615. The van der Waals surface area contributed by atoms with Crippen molar-refractivity contribution in [3.05, 3.63) is 77.5 Å². The number of piperazine rings is 1. The summed E-state index contributed by atoms with van der Waals surface area (Å²) in [6, 6.07) is 21.5. The number of hydrogen-bond acceptors (Lipinski definition) is 4. The van der Waals surface area contributed by atoms with E-state index in [-0.39, 0.29) is 0 Å². The number of benzene rings is 2. The SMILES string of the molecule is Cc1cccc(-c2cc3nc4c(c(N5CCN(c6ccccc6)CC5)n3n2)CCCC4)c1. The summed E-state index contributed by atoms with van der Waals surface area (Å²) < 4.78 is 2.12. The Balaban J connectivity index is 1.40. The van der Waals surface area contributed by atoms with Crippen molar-refractivity contribution in [2.24, 2.45) is 0 Å². The number of nitrogens with zero attached hydrogens (tertiary/aromatic N) is 5. The van der Waals surface area contributed by atoms with Crippen LogP contribution in [0.4, 0.5) is 11.5 Å². The molecule has 2 aromatic heterocycles. The second kappa shape index (κ2) is 7.97. The van der Waals surface area contributed by atoms with Crippen LogP contribution in [0.25, 0.3) is 16.9 Å². The van der Waals surface area contributed by atoms with Gasteiger partial charge in [0.25, 0.3) is 0 Å². The van der Waals surface area contributed by atoms with E-state index in [1.54, 1.807) is 0 Å². The maximum absolute atomic E-state index is 5.08. The number of hydrogen-bond donors (Lipinski definition) is 0. The molecule has 0 unspecified atom stereocenters. The van der Waals surface area contributed by atoms with E-state index in [1.165, 1.54) is 41.2 Å². The van der Waals surface area contributed by atoms with Crippen molar-refractivity contribution >= 4 is 17.2 Å². The first-order valence-corrected chi connectivity index (χ1v) is 11.8. The number of anilines is 2. The first-order chi connectivity index (χ1) is 15.8. The molecule has 0 spiro atoms. The van der Waals surface area contributed by atoms with Gasteiger partial charge in [0.15, 0.2) is 5.65 Å². The molecule has 1 fully saturated rings. The van der Waals surface area contributed by atoms with Gasteiger partial charge in [-0.3, -0.25) is 0 Å². The molecule has 6 rings (SSSR count). The fourth-order valence-corrected chi connectivity index (χ4v) is 5.21. The van der Waals surface area contributed by atoms with Crippen molar-refractivity contribution in [2.75, 3.05) is 36.0 Å². The Bertz CT molecular complexity index is 1250. The quantitative estimate of drug-likeness (QED) is 0.469. The van der Waals surface area contributed by atoms with Crippen molar-refractivity contribution in [1.29, 1.82) is 0 Å². The van der Waals surface area contributed by atoms with E-state index in [9.17, 15) is 0 Å². The van der Waals surface area contributed by atoms with E-state index >= 15 is 0 Å². The molecular formula is C27H29N5. The molecule has 2 aliphatic rings. The highest BCUT2D eigenvalue weighted by atomic mass is 15.4. The van der Waals surface area contributed by atoms with Gasteiger partial charge in [0, 0.05) is 54.8 Å². The third-order valence-electron chi connectivity index (χ3n) is 6.86. The number of aryl methyl sites for hydroxylation is 2. The van der Waals surface area contributed by atoms with Crippen LogP contribution in [-0.2, 0) is 12.8 Å². The van der Waals surface area contributed by atoms with Crippen molar-refractivity contribution < 1.29 is 0 Å². The van der Waals surface area contributed by atoms with Gasteiger partial charge in [0.05, 0.1) is 5.69 Å². The lowest BCUT2D eigenvalue weighted by atomic mass is 9.96. The van der Waals surface area contributed by atoms with Gasteiger partial charge in [-0.25, -0.2) is 4.98 Å². The summed E-state index contributed by atoms with van der Waals surface area (Å²) in [4.78, 5) is 10.1. The molecule has 5 nitrogen and oxygen atoms in total. The Morgan fingerprint density at radius 2 is 1.56 bits per heavy atom. The first kappa shape index (κ1) is 19.4. The van der Waals surface area contributed by atoms with Crippen LogP contribution < -0.4 is 9.80 Å². The highest BCUT2D eigenvalue weighted by Gasteiger charge is 2.26. The minimum absolute atomic E-state index is 0.975. The van der Waals surface area contributed by atoms with Gasteiger partial charge in [-0.05, 0) is 50.8 Å². The molecule has 0 saturated carbocycles. The van der Waals surface area contributed by atoms with Crippen LogP contribution >= 0.6 is 0 Å². The Hall–Kier alpha value is -3.34. The van der Waals surface area contributed by atoms with Gasteiger partial charge in [-0.2, -0.15) is 9.61 Å². The van der Waals surface area contributed by atoms with Crippen molar-refractivity contribution in [3.8, 4) is 11.3 Å². The van der Waals surface area contributed by atoms with Crippen LogP contribution in [0, 0.1) is 6.92 Å². The normalized spacial score (nSPS) is 16.4. The summed E-state index contributed by atoms with van der Waals surface area (Å²) >= 11 is 0. The third-order valence-corrected chi connectivity index (χ3v) is 6.86. The molecule has 162 valence electrons. The Morgan fingerprint density at radius 1 is 0.781 bits per heavy atom. The average Bonchev–Trinajstić information content (AvgIpc) is 3.27. The van der Waals surface area contributed by atoms with Gasteiger partial charge >= 0.3 is 0 Å². The maximum Gasteiger partial charge on any atom is 0.158 e. The number of aromatic nitrogens is 3. The lowest BCUT2D eigenvalue weighted by Gasteiger charge is -2.38. The topological polar surface area (TPSA) is 36.7 Å². The summed E-state index contributed by atoms with van der Waals surface area (Å²) in [5.74, 6) is 1.27. The van der Waals surface area contributed by atoms with Gasteiger partial charge < -0.3 is 9.80 Å². The lowest BCUT2D eigenvalue weighted by Crippen LogP contribution is -2.47. The monoisotopic (exact) mass is 423 g/mol. The smallest absolute Gasteiger partial charge is 0.158 e. The molecule has 1 aliphatic heterocycles. The molecule has 0 amide bonds. The van der Waals surface area contributed by atoms with E-state index in [2.05, 4.69) is 81.9 Å². The summed E-state index contributed by atoms with van der Waals surface area (Å²) in [6.45, 7) is 6.18. The minimum atomic E-state index is 0.975. The van der Waals surface area contributed by atoms with Gasteiger partial charge in [0.1, 0.15) is 5.82 Å². The fraction of sp³-hybridized carbons (Fsp3) is 0.333. The van der Waals surface area contributed by atoms with Crippen LogP contribution in [0.2, 0.25) is 0 Å². The summed E-state index contributed by atoms with van der Waals surface area (Å²) in [5, 5.41) is 5.08.